The zero-order valence-corrected chi connectivity index (χ0v) is 13.0. The Bertz CT molecular complexity index is 741. The average molecular weight is 334 g/mol. The van der Waals surface area contributed by atoms with E-state index in [1.165, 1.54) is 10.9 Å². The van der Waals surface area contributed by atoms with Gasteiger partial charge in [-0.05, 0) is 18.2 Å². The molecule has 0 aliphatic heterocycles. The topological polar surface area (TPSA) is 78.0 Å². The fraction of sp³-hybridized carbons (Fsp3) is 0.250. The van der Waals surface area contributed by atoms with E-state index in [4.69, 9.17) is 28.9 Å². The maximum atomic E-state index is 11.2. The van der Waals surface area contributed by atoms with Crippen molar-refractivity contribution in [1.82, 2.24) is 9.78 Å². The highest BCUT2D eigenvalue weighted by molar-refractivity contribution is 7.90. The van der Waals surface area contributed by atoms with Crippen LogP contribution >= 0.6 is 23.2 Å². The molecule has 5 nitrogen and oxygen atoms in total. The second kappa shape index (κ2) is 5.63. The molecule has 0 fully saturated rings. The number of rotatable bonds is 4. The van der Waals surface area contributed by atoms with Crippen LogP contribution in [-0.2, 0) is 16.4 Å². The van der Waals surface area contributed by atoms with Crippen molar-refractivity contribution >= 4 is 38.9 Å². The summed E-state index contributed by atoms with van der Waals surface area (Å²) in [6, 6.07) is 6.71. The van der Waals surface area contributed by atoms with E-state index in [0.717, 1.165) is 0 Å². The van der Waals surface area contributed by atoms with Crippen LogP contribution in [0.25, 0.3) is 11.3 Å². The van der Waals surface area contributed by atoms with Crippen molar-refractivity contribution in [1.29, 1.82) is 0 Å². The molecule has 0 unspecified atom stereocenters. The fourth-order valence-electron chi connectivity index (χ4n) is 1.69. The number of hydrogen-bond donors (Lipinski definition) is 1. The van der Waals surface area contributed by atoms with Crippen LogP contribution in [0.4, 0.5) is 5.82 Å². The van der Waals surface area contributed by atoms with E-state index in [9.17, 15) is 8.42 Å². The Morgan fingerprint density at radius 3 is 2.60 bits per heavy atom. The maximum absolute atomic E-state index is 11.2. The highest BCUT2D eigenvalue weighted by atomic mass is 35.5. The standard InChI is InChI=1S/C12H13Cl2N3O2S/c1-20(18,19)5-4-17-12(15)7-11(16-17)9-3-2-8(13)6-10(9)14/h2-3,6-7H,4-5,15H2,1H3. The Labute approximate surface area is 127 Å². The van der Waals surface area contributed by atoms with Crippen LogP contribution in [0, 0.1) is 0 Å². The molecule has 1 aromatic heterocycles. The molecule has 8 heteroatoms. The smallest absolute Gasteiger partial charge is 0.149 e. The molecular weight excluding hydrogens is 321 g/mol. The van der Waals surface area contributed by atoms with Gasteiger partial charge in [-0.1, -0.05) is 23.2 Å². The highest BCUT2D eigenvalue weighted by Gasteiger charge is 2.12. The second-order valence-corrected chi connectivity index (χ2v) is 7.54. The highest BCUT2D eigenvalue weighted by Crippen LogP contribution is 2.30. The number of anilines is 1. The quantitative estimate of drug-likeness (QED) is 0.932. The first-order chi connectivity index (χ1) is 9.26. The van der Waals surface area contributed by atoms with E-state index in [2.05, 4.69) is 5.10 Å². The van der Waals surface area contributed by atoms with Crippen LogP contribution in [0.1, 0.15) is 0 Å². The molecule has 0 amide bonds. The van der Waals surface area contributed by atoms with Gasteiger partial charge in [0, 0.05) is 22.9 Å². The van der Waals surface area contributed by atoms with Crippen LogP contribution in [0.15, 0.2) is 24.3 Å². The van der Waals surface area contributed by atoms with Crippen LogP contribution < -0.4 is 5.73 Å². The summed E-state index contributed by atoms with van der Waals surface area (Å²) in [6.07, 6.45) is 1.17. The van der Waals surface area contributed by atoms with Crippen LogP contribution in [-0.4, -0.2) is 30.2 Å². The number of nitrogens with zero attached hydrogens (tertiary/aromatic N) is 2. The Morgan fingerprint density at radius 2 is 2.00 bits per heavy atom. The van der Waals surface area contributed by atoms with Crippen molar-refractivity contribution in [3.63, 3.8) is 0 Å². The van der Waals surface area contributed by atoms with Crippen LogP contribution in [0.5, 0.6) is 0 Å². The number of sulfone groups is 1. The van der Waals surface area contributed by atoms with Gasteiger partial charge in [0.1, 0.15) is 15.7 Å². The molecule has 0 saturated carbocycles. The third kappa shape index (κ3) is 3.65. The minimum Gasteiger partial charge on any atom is -0.384 e. The summed E-state index contributed by atoms with van der Waals surface area (Å²) in [7, 11) is -3.07. The third-order valence-corrected chi connectivity index (χ3v) is 4.16. The van der Waals surface area contributed by atoms with E-state index >= 15 is 0 Å². The van der Waals surface area contributed by atoms with Gasteiger partial charge < -0.3 is 5.73 Å². The van der Waals surface area contributed by atoms with Gasteiger partial charge in [0.05, 0.1) is 23.0 Å². The SMILES string of the molecule is CS(=O)(=O)CCn1nc(-c2ccc(Cl)cc2Cl)cc1N. The van der Waals surface area contributed by atoms with Crippen LogP contribution in [0.2, 0.25) is 10.0 Å². The molecule has 0 aliphatic carbocycles. The lowest BCUT2D eigenvalue weighted by Crippen LogP contribution is -2.13. The largest absolute Gasteiger partial charge is 0.384 e. The zero-order chi connectivity index (χ0) is 14.9. The zero-order valence-electron chi connectivity index (χ0n) is 10.7. The van der Waals surface area contributed by atoms with Crippen molar-refractivity contribution in [2.45, 2.75) is 6.54 Å². The number of nitrogen functional groups attached to an aromatic ring is 1. The number of aromatic nitrogens is 2. The lowest BCUT2D eigenvalue weighted by atomic mass is 10.1. The minimum atomic E-state index is -3.07. The molecule has 0 spiro atoms. The Balaban J connectivity index is 2.31. The van der Waals surface area contributed by atoms with Crippen molar-refractivity contribution in [2.24, 2.45) is 0 Å². The number of hydrogen-bond acceptors (Lipinski definition) is 4. The molecular formula is C12H13Cl2N3O2S. The summed E-state index contributed by atoms with van der Waals surface area (Å²) >= 11 is 11.9. The van der Waals surface area contributed by atoms with Crippen molar-refractivity contribution in [3.05, 3.63) is 34.3 Å². The van der Waals surface area contributed by atoms with E-state index in [0.29, 0.717) is 27.1 Å². The molecule has 1 aromatic carbocycles. The van der Waals surface area contributed by atoms with Crippen LogP contribution in [0.3, 0.4) is 0 Å². The first-order valence-corrected chi connectivity index (χ1v) is 8.54. The van der Waals surface area contributed by atoms with Gasteiger partial charge in [0.25, 0.3) is 0 Å². The molecule has 108 valence electrons. The fourth-order valence-corrected chi connectivity index (χ4v) is 2.70. The number of nitrogens with two attached hydrogens (primary N) is 1. The van der Waals surface area contributed by atoms with Crippen molar-refractivity contribution < 1.29 is 8.42 Å². The summed E-state index contributed by atoms with van der Waals surface area (Å²) in [5, 5.41) is 5.27. The Morgan fingerprint density at radius 1 is 1.30 bits per heavy atom. The Hall–Kier alpha value is -1.24. The van der Waals surface area contributed by atoms with Crippen molar-refractivity contribution in [3.8, 4) is 11.3 Å². The van der Waals surface area contributed by atoms with E-state index in [1.54, 1.807) is 24.3 Å². The summed E-state index contributed by atoms with van der Waals surface area (Å²) < 4.78 is 23.8. The molecule has 0 radical (unpaired) electrons. The molecule has 2 aromatic rings. The lowest BCUT2D eigenvalue weighted by Gasteiger charge is -2.03. The average Bonchev–Trinajstić information content (AvgIpc) is 2.67. The third-order valence-electron chi connectivity index (χ3n) is 2.69. The van der Waals surface area contributed by atoms with Gasteiger partial charge in [-0.3, -0.25) is 0 Å². The molecule has 1 heterocycles. The normalized spacial score (nSPS) is 11.8. The van der Waals surface area contributed by atoms with Gasteiger partial charge in [0.2, 0.25) is 0 Å². The minimum absolute atomic E-state index is 0.0212. The van der Waals surface area contributed by atoms with Crippen molar-refractivity contribution in [2.75, 3.05) is 17.7 Å². The first-order valence-electron chi connectivity index (χ1n) is 5.73. The molecule has 0 bridgehead atoms. The summed E-state index contributed by atoms with van der Waals surface area (Å²) in [5.74, 6) is 0.363. The molecule has 20 heavy (non-hydrogen) atoms. The van der Waals surface area contributed by atoms with E-state index in [1.807, 2.05) is 0 Å². The molecule has 0 aliphatic rings. The maximum Gasteiger partial charge on any atom is 0.149 e. The molecule has 2 N–H and O–H groups in total. The Kier molecular flexibility index (Phi) is 4.27. The monoisotopic (exact) mass is 333 g/mol. The molecule has 0 saturated heterocycles. The number of halogens is 2. The predicted molar refractivity (Wildman–Crippen MR) is 81.8 cm³/mol. The summed E-state index contributed by atoms with van der Waals surface area (Å²) in [5.41, 5.74) is 7.10. The summed E-state index contributed by atoms with van der Waals surface area (Å²) in [6.45, 7) is 0.204. The lowest BCUT2D eigenvalue weighted by molar-refractivity contribution is 0.588. The number of benzene rings is 1. The van der Waals surface area contributed by atoms with Gasteiger partial charge in [0.15, 0.2) is 0 Å². The number of aryl methyl sites for hydroxylation is 1. The predicted octanol–water partition coefficient (Wildman–Crippen LogP) is 2.48. The van der Waals surface area contributed by atoms with Gasteiger partial charge in [-0.2, -0.15) is 5.10 Å². The molecule has 2 rings (SSSR count). The van der Waals surface area contributed by atoms with Gasteiger partial charge in [-0.25, -0.2) is 13.1 Å². The second-order valence-electron chi connectivity index (χ2n) is 4.43. The van der Waals surface area contributed by atoms with E-state index < -0.39 is 9.84 Å². The van der Waals surface area contributed by atoms with Gasteiger partial charge >= 0.3 is 0 Å². The first kappa shape index (κ1) is 15.2. The van der Waals surface area contributed by atoms with Gasteiger partial charge in [-0.15, -0.1) is 0 Å². The molecule has 0 atom stereocenters. The summed E-state index contributed by atoms with van der Waals surface area (Å²) in [4.78, 5) is 0. The van der Waals surface area contributed by atoms with E-state index in [-0.39, 0.29) is 12.3 Å².